The Morgan fingerprint density at radius 3 is 2.33 bits per heavy atom. The lowest BCUT2D eigenvalue weighted by Gasteiger charge is -2.37. The molecule has 0 spiro atoms. The molecule has 3 atom stereocenters. The van der Waals surface area contributed by atoms with Gasteiger partial charge in [-0.1, -0.05) is 0 Å². The largest absolute Gasteiger partial charge is 0.497 e. The van der Waals surface area contributed by atoms with E-state index in [-0.39, 0.29) is 6.10 Å². The van der Waals surface area contributed by atoms with Gasteiger partial charge in [0.2, 0.25) is 0 Å². The van der Waals surface area contributed by atoms with Crippen LogP contribution in [0.1, 0.15) is 32.1 Å². The molecule has 0 saturated carbocycles. The first-order valence-electron chi connectivity index (χ1n) is 7.97. The standard InChI is InChI=1S/C17H25NO3/c1-20-16-5-7-17(8-6-16)21-10-2-9-18-13-3-4-14(18)12-15(19)11-13/h5-8,13-15,19H,2-4,9-12H2,1H3/t13-,14+,15?. The fourth-order valence-electron chi connectivity index (χ4n) is 3.72. The van der Waals surface area contributed by atoms with Crippen LogP contribution in [0.5, 0.6) is 11.5 Å². The normalized spacial score (nSPS) is 28.6. The first kappa shape index (κ1) is 14.7. The predicted molar refractivity (Wildman–Crippen MR) is 81.9 cm³/mol. The lowest BCUT2D eigenvalue weighted by Crippen LogP contribution is -2.45. The summed E-state index contributed by atoms with van der Waals surface area (Å²) in [5.74, 6) is 1.75. The number of hydrogen-bond donors (Lipinski definition) is 1. The van der Waals surface area contributed by atoms with Crippen molar-refractivity contribution in [3.63, 3.8) is 0 Å². The number of fused-ring (bicyclic) bond motifs is 2. The van der Waals surface area contributed by atoms with Crippen LogP contribution in [0, 0.1) is 0 Å². The molecule has 0 radical (unpaired) electrons. The molecule has 3 rings (SSSR count). The predicted octanol–water partition coefficient (Wildman–Crippen LogP) is 2.45. The second-order valence-corrected chi connectivity index (χ2v) is 6.13. The quantitative estimate of drug-likeness (QED) is 0.818. The van der Waals surface area contributed by atoms with Gasteiger partial charge in [0.1, 0.15) is 11.5 Å². The van der Waals surface area contributed by atoms with E-state index in [1.54, 1.807) is 7.11 Å². The van der Waals surface area contributed by atoms with Gasteiger partial charge in [0, 0.05) is 18.6 Å². The molecule has 1 aromatic rings. The Morgan fingerprint density at radius 1 is 1.10 bits per heavy atom. The zero-order chi connectivity index (χ0) is 14.7. The third kappa shape index (κ3) is 3.50. The van der Waals surface area contributed by atoms with Gasteiger partial charge in [-0.25, -0.2) is 0 Å². The smallest absolute Gasteiger partial charge is 0.119 e. The molecule has 4 nitrogen and oxygen atoms in total. The summed E-state index contributed by atoms with van der Waals surface area (Å²) in [5, 5.41) is 9.81. The molecule has 0 aliphatic carbocycles. The molecule has 2 fully saturated rings. The third-order valence-corrected chi connectivity index (χ3v) is 4.75. The molecule has 4 heteroatoms. The average Bonchev–Trinajstić information content (AvgIpc) is 2.74. The summed E-state index contributed by atoms with van der Waals surface area (Å²) in [5.41, 5.74) is 0. The van der Waals surface area contributed by atoms with Crippen LogP contribution in [-0.4, -0.2) is 48.5 Å². The average molecular weight is 291 g/mol. The zero-order valence-corrected chi connectivity index (χ0v) is 12.7. The molecule has 2 bridgehead atoms. The monoisotopic (exact) mass is 291 g/mol. The second-order valence-electron chi connectivity index (χ2n) is 6.13. The lowest BCUT2D eigenvalue weighted by atomic mass is 10.00. The number of methoxy groups -OCH3 is 1. The van der Waals surface area contributed by atoms with Crippen molar-refractivity contribution in [3.05, 3.63) is 24.3 Å². The van der Waals surface area contributed by atoms with E-state index in [1.165, 1.54) is 12.8 Å². The van der Waals surface area contributed by atoms with Gasteiger partial charge >= 0.3 is 0 Å². The van der Waals surface area contributed by atoms with Crippen molar-refractivity contribution < 1.29 is 14.6 Å². The molecule has 21 heavy (non-hydrogen) atoms. The SMILES string of the molecule is COc1ccc(OCCCN2[C@@H]3CC[C@H]2CC(O)C3)cc1. The number of aliphatic hydroxyl groups excluding tert-OH is 1. The van der Waals surface area contributed by atoms with Crippen LogP contribution in [0.25, 0.3) is 0 Å². The summed E-state index contributed by atoms with van der Waals surface area (Å²) in [6.45, 7) is 1.82. The Balaban J connectivity index is 1.40. The van der Waals surface area contributed by atoms with E-state index >= 15 is 0 Å². The molecular formula is C17H25NO3. The Kier molecular flexibility index (Phi) is 4.66. The van der Waals surface area contributed by atoms with E-state index in [4.69, 9.17) is 9.47 Å². The molecule has 1 aromatic carbocycles. The van der Waals surface area contributed by atoms with Gasteiger partial charge in [0.25, 0.3) is 0 Å². The third-order valence-electron chi connectivity index (χ3n) is 4.75. The van der Waals surface area contributed by atoms with Gasteiger partial charge in [-0.3, -0.25) is 4.90 Å². The minimum Gasteiger partial charge on any atom is -0.497 e. The molecule has 1 unspecified atom stereocenters. The molecular weight excluding hydrogens is 266 g/mol. The van der Waals surface area contributed by atoms with E-state index in [0.29, 0.717) is 12.1 Å². The van der Waals surface area contributed by atoms with Crippen LogP contribution in [0.4, 0.5) is 0 Å². The van der Waals surface area contributed by atoms with Crippen molar-refractivity contribution in [2.75, 3.05) is 20.3 Å². The fourth-order valence-corrected chi connectivity index (χ4v) is 3.72. The van der Waals surface area contributed by atoms with E-state index < -0.39 is 0 Å². The lowest BCUT2D eigenvalue weighted by molar-refractivity contribution is 0.0331. The summed E-state index contributed by atoms with van der Waals surface area (Å²) in [4.78, 5) is 2.59. The first-order valence-corrected chi connectivity index (χ1v) is 7.97. The maximum atomic E-state index is 9.81. The van der Waals surface area contributed by atoms with Crippen molar-refractivity contribution in [2.24, 2.45) is 0 Å². The zero-order valence-electron chi connectivity index (χ0n) is 12.7. The van der Waals surface area contributed by atoms with Crippen molar-refractivity contribution in [2.45, 2.75) is 50.3 Å². The Morgan fingerprint density at radius 2 is 1.71 bits per heavy atom. The number of aliphatic hydroxyl groups is 1. The number of piperidine rings is 1. The van der Waals surface area contributed by atoms with E-state index in [0.717, 1.165) is 43.9 Å². The van der Waals surface area contributed by atoms with Gasteiger partial charge in [-0.15, -0.1) is 0 Å². The number of nitrogens with zero attached hydrogens (tertiary/aromatic N) is 1. The molecule has 1 N–H and O–H groups in total. The topological polar surface area (TPSA) is 41.9 Å². The second kappa shape index (κ2) is 6.67. The van der Waals surface area contributed by atoms with Crippen molar-refractivity contribution in [1.82, 2.24) is 4.90 Å². The number of benzene rings is 1. The highest BCUT2D eigenvalue weighted by Gasteiger charge is 2.39. The van der Waals surface area contributed by atoms with Crippen LogP contribution >= 0.6 is 0 Å². The number of hydrogen-bond acceptors (Lipinski definition) is 4. The van der Waals surface area contributed by atoms with Crippen LogP contribution in [0.3, 0.4) is 0 Å². The highest BCUT2D eigenvalue weighted by Crippen LogP contribution is 2.35. The van der Waals surface area contributed by atoms with Crippen LogP contribution in [0.15, 0.2) is 24.3 Å². The molecule has 116 valence electrons. The minimum atomic E-state index is -0.0747. The van der Waals surface area contributed by atoms with E-state index in [9.17, 15) is 5.11 Å². The molecule has 2 saturated heterocycles. The number of rotatable bonds is 6. The van der Waals surface area contributed by atoms with Crippen LogP contribution in [0.2, 0.25) is 0 Å². The van der Waals surface area contributed by atoms with E-state index in [2.05, 4.69) is 4.90 Å². The highest BCUT2D eigenvalue weighted by molar-refractivity contribution is 5.31. The Bertz CT molecular complexity index is 434. The summed E-state index contributed by atoms with van der Waals surface area (Å²) in [6.07, 6.45) is 5.37. The van der Waals surface area contributed by atoms with Crippen LogP contribution in [-0.2, 0) is 0 Å². The highest BCUT2D eigenvalue weighted by atomic mass is 16.5. The van der Waals surface area contributed by atoms with Gasteiger partial charge in [-0.2, -0.15) is 0 Å². The van der Waals surface area contributed by atoms with Gasteiger partial charge in [-0.05, 0) is 56.4 Å². The number of ether oxygens (including phenoxy) is 2. The fraction of sp³-hybridized carbons (Fsp3) is 0.647. The van der Waals surface area contributed by atoms with Gasteiger partial charge < -0.3 is 14.6 Å². The first-order chi connectivity index (χ1) is 10.3. The summed E-state index contributed by atoms with van der Waals surface area (Å²) >= 11 is 0. The summed E-state index contributed by atoms with van der Waals surface area (Å²) < 4.78 is 10.9. The van der Waals surface area contributed by atoms with Gasteiger partial charge in [0.15, 0.2) is 0 Å². The van der Waals surface area contributed by atoms with Crippen molar-refractivity contribution >= 4 is 0 Å². The Hall–Kier alpha value is -1.26. The summed E-state index contributed by atoms with van der Waals surface area (Å²) in [7, 11) is 1.67. The Labute approximate surface area is 126 Å². The molecule has 2 aliphatic rings. The maximum Gasteiger partial charge on any atom is 0.119 e. The van der Waals surface area contributed by atoms with Gasteiger partial charge in [0.05, 0.1) is 19.8 Å². The van der Waals surface area contributed by atoms with Crippen molar-refractivity contribution in [3.8, 4) is 11.5 Å². The molecule has 2 heterocycles. The van der Waals surface area contributed by atoms with E-state index in [1.807, 2.05) is 24.3 Å². The molecule has 0 amide bonds. The molecule has 2 aliphatic heterocycles. The summed E-state index contributed by atoms with van der Waals surface area (Å²) in [6, 6.07) is 8.92. The molecule has 0 aromatic heterocycles. The van der Waals surface area contributed by atoms with Crippen molar-refractivity contribution in [1.29, 1.82) is 0 Å². The van der Waals surface area contributed by atoms with Crippen LogP contribution < -0.4 is 9.47 Å². The maximum absolute atomic E-state index is 9.81. The minimum absolute atomic E-state index is 0.0747.